The molecule has 0 amide bonds. The largest absolute Gasteiger partial charge is 0.496 e. The Morgan fingerprint density at radius 2 is 2.04 bits per heavy atom. The Morgan fingerprint density at radius 1 is 1.21 bits per heavy atom. The summed E-state index contributed by atoms with van der Waals surface area (Å²) in [6.45, 7) is 11.4. The first kappa shape index (κ1) is 20.8. The van der Waals surface area contributed by atoms with E-state index >= 15 is 0 Å². The number of hydrogen-bond donors (Lipinski definition) is 1. The van der Waals surface area contributed by atoms with Crippen LogP contribution in [-0.2, 0) is 13.1 Å². The number of aliphatic hydroxyl groups is 1. The van der Waals surface area contributed by atoms with Gasteiger partial charge in [0.2, 0.25) is 0 Å². The predicted octanol–water partition coefficient (Wildman–Crippen LogP) is 2.85. The van der Waals surface area contributed by atoms with Crippen LogP contribution in [0.2, 0.25) is 0 Å². The highest BCUT2D eigenvalue weighted by Gasteiger charge is 2.27. The van der Waals surface area contributed by atoms with E-state index in [0.29, 0.717) is 12.1 Å². The molecule has 3 rings (SSSR count). The number of aromatic nitrogens is 2. The van der Waals surface area contributed by atoms with Crippen molar-refractivity contribution in [1.29, 1.82) is 0 Å². The van der Waals surface area contributed by atoms with Crippen molar-refractivity contribution in [1.82, 2.24) is 19.6 Å². The minimum atomic E-state index is 0.224. The molecule has 6 nitrogen and oxygen atoms in total. The van der Waals surface area contributed by atoms with Gasteiger partial charge in [0, 0.05) is 63.2 Å². The predicted molar refractivity (Wildman–Crippen MR) is 112 cm³/mol. The average molecular weight is 387 g/mol. The fraction of sp³-hybridized carbons (Fsp3) is 0.591. The van der Waals surface area contributed by atoms with E-state index in [-0.39, 0.29) is 6.61 Å². The lowest BCUT2D eigenvalue weighted by molar-refractivity contribution is 0.0499. The molecule has 1 aliphatic heterocycles. The topological polar surface area (TPSA) is 53.8 Å². The zero-order chi connectivity index (χ0) is 20.1. The van der Waals surface area contributed by atoms with Crippen molar-refractivity contribution in [2.24, 2.45) is 0 Å². The van der Waals surface area contributed by atoms with Crippen LogP contribution in [0.15, 0.2) is 30.6 Å². The van der Waals surface area contributed by atoms with Gasteiger partial charge in [0.05, 0.1) is 13.3 Å². The highest BCUT2D eigenvalue weighted by molar-refractivity contribution is 5.36. The van der Waals surface area contributed by atoms with Gasteiger partial charge in [-0.05, 0) is 44.4 Å². The van der Waals surface area contributed by atoms with Crippen LogP contribution in [0.1, 0.15) is 43.0 Å². The third-order valence-electron chi connectivity index (χ3n) is 5.59. The first-order chi connectivity index (χ1) is 13.5. The fourth-order valence-electron chi connectivity index (χ4n) is 4.00. The summed E-state index contributed by atoms with van der Waals surface area (Å²) in [6.07, 6.45) is 4.93. The second-order valence-corrected chi connectivity index (χ2v) is 8.10. The molecule has 6 heteroatoms. The lowest BCUT2D eigenvalue weighted by Gasteiger charge is -2.41. The molecule has 1 aromatic heterocycles. The molecule has 0 spiro atoms. The number of benzene rings is 1. The molecule has 28 heavy (non-hydrogen) atoms. The van der Waals surface area contributed by atoms with Crippen LogP contribution in [0.4, 0.5) is 0 Å². The summed E-state index contributed by atoms with van der Waals surface area (Å²) >= 11 is 0. The van der Waals surface area contributed by atoms with Crippen molar-refractivity contribution < 1.29 is 9.84 Å². The molecule has 2 aromatic rings. The zero-order valence-corrected chi connectivity index (χ0v) is 17.6. The van der Waals surface area contributed by atoms with Crippen molar-refractivity contribution in [3.63, 3.8) is 0 Å². The van der Waals surface area contributed by atoms with E-state index in [1.165, 1.54) is 16.7 Å². The molecule has 1 saturated heterocycles. The molecule has 1 unspecified atom stereocenters. The Morgan fingerprint density at radius 3 is 2.68 bits per heavy atom. The summed E-state index contributed by atoms with van der Waals surface area (Å²) in [5.74, 6) is 0.933. The van der Waals surface area contributed by atoms with Crippen LogP contribution in [0.5, 0.6) is 5.75 Å². The fourth-order valence-corrected chi connectivity index (χ4v) is 4.00. The molecule has 0 saturated carbocycles. The Kier molecular flexibility index (Phi) is 7.10. The smallest absolute Gasteiger partial charge is 0.121 e. The molecule has 0 radical (unpaired) electrons. The maximum absolute atomic E-state index is 9.58. The van der Waals surface area contributed by atoms with Crippen LogP contribution in [0, 0.1) is 6.92 Å². The van der Waals surface area contributed by atoms with Gasteiger partial charge in [0.15, 0.2) is 0 Å². The van der Waals surface area contributed by atoms with Crippen molar-refractivity contribution in [3.8, 4) is 5.75 Å². The van der Waals surface area contributed by atoms with Crippen molar-refractivity contribution >= 4 is 0 Å². The van der Waals surface area contributed by atoms with Gasteiger partial charge in [-0.3, -0.25) is 14.5 Å². The number of ether oxygens (including phenoxy) is 1. The number of nitrogens with zero attached hydrogens (tertiary/aromatic N) is 4. The number of piperazine rings is 1. The number of methoxy groups -OCH3 is 1. The van der Waals surface area contributed by atoms with E-state index in [1.54, 1.807) is 7.11 Å². The Balaban J connectivity index is 1.62. The van der Waals surface area contributed by atoms with Crippen LogP contribution < -0.4 is 4.74 Å². The van der Waals surface area contributed by atoms with Crippen molar-refractivity contribution in [2.75, 3.05) is 33.4 Å². The highest BCUT2D eigenvalue weighted by Crippen LogP contribution is 2.22. The van der Waals surface area contributed by atoms with Gasteiger partial charge in [0.25, 0.3) is 0 Å². The molecule has 0 bridgehead atoms. The maximum atomic E-state index is 9.58. The Hall–Kier alpha value is -1.89. The van der Waals surface area contributed by atoms with E-state index in [9.17, 15) is 5.11 Å². The summed E-state index contributed by atoms with van der Waals surface area (Å²) in [6, 6.07) is 7.16. The molecular formula is C22H34N4O2. The SMILES string of the molecule is COc1ccc(CN2CCN(Cc3cnn(C(C)C)c3)CC2CCO)cc1C. The minimum Gasteiger partial charge on any atom is -0.496 e. The molecule has 1 atom stereocenters. The van der Waals surface area contributed by atoms with Crippen LogP contribution in [0.25, 0.3) is 0 Å². The molecular weight excluding hydrogens is 352 g/mol. The van der Waals surface area contributed by atoms with Crippen molar-refractivity contribution in [3.05, 3.63) is 47.3 Å². The van der Waals surface area contributed by atoms with Gasteiger partial charge in [0.1, 0.15) is 5.75 Å². The molecule has 0 aliphatic carbocycles. The normalized spacial score (nSPS) is 18.7. The minimum absolute atomic E-state index is 0.224. The first-order valence-corrected chi connectivity index (χ1v) is 10.2. The van der Waals surface area contributed by atoms with E-state index in [4.69, 9.17) is 4.74 Å². The van der Waals surface area contributed by atoms with Crippen LogP contribution in [0.3, 0.4) is 0 Å². The number of hydrogen-bond acceptors (Lipinski definition) is 5. The van der Waals surface area contributed by atoms with Crippen LogP contribution in [-0.4, -0.2) is 64.1 Å². The van der Waals surface area contributed by atoms with Gasteiger partial charge >= 0.3 is 0 Å². The van der Waals surface area contributed by atoms with Gasteiger partial charge in [-0.15, -0.1) is 0 Å². The van der Waals surface area contributed by atoms with Crippen LogP contribution >= 0.6 is 0 Å². The molecule has 2 heterocycles. The van der Waals surface area contributed by atoms with Gasteiger partial charge in [-0.2, -0.15) is 5.10 Å². The molecule has 1 N–H and O–H groups in total. The van der Waals surface area contributed by atoms with Gasteiger partial charge in [-0.1, -0.05) is 12.1 Å². The first-order valence-electron chi connectivity index (χ1n) is 10.2. The quantitative estimate of drug-likeness (QED) is 0.756. The summed E-state index contributed by atoms with van der Waals surface area (Å²) in [7, 11) is 1.71. The molecule has 1 aromatic carbocycles. The third kappa shape index (κ3) is 5.13. The monoisotopic (exact) mass is 386 g/mol. The average Bonchev–Trinajstić information content (AvgIpc) is 3.13. The summed E-state index contributed by atoms with van der Waals surface area (Å²) in [4.78, 5) is 4.99. The van der Waals surface area contributed by atoms with E-state index in [0.717, 1.165) is 44.9 Å². The van der Waals surface area contributed by atoms with Gasteiger partial charge < -0.3 is 9.84 Å². The molecule has 1 fully saturated rings. The third-order valence-corrected chi connectivity index (χ3v) is 5.59. The second-order valence-electron chi connectivity index (χ2n) is 8.10. The number of aliphatic hydroxyl groups excluding tert-OH is 1. The molecule has 154 valence electrons. The number of aryl methyl sites for hydroxylation is 1. The summed E-state index contributed by atoms with van der Waals surface area (Å²) in [5.41, 5.74) is 3.73. The summed E-state index contributed by atoms with van der Waals surface area (Å²) < 4.78 is 7.39. The van der Waals surface area contributed by atoms with E-state index in [2.05, 4.69) is 54.0 Å². The zero-order valence-electron chi connectivity index (χ0n) is 17.6. The van der Waals surface area contributed by atoms with E-state index < -0.39 is 0 Å². The molecule has 1 aliphatic rings. The highest BCUT2D eigenvalue weighted by atomic mass is 16.5. The second kappa shape index (κ2) is 9.54. The lowest BCUT2D eigenvalue weighted by Crippen LogP contribution is -2.52. The summed E-state index contributed by atoms with van der Waals surface area (Å²) in [5, 5.41) is 14.0. The standard InChI is InChI=1S/C22H34N4O2/c1-17(2)26-15-20(12-23-26)13-24-8-9-25(21(16-24)7-10-27)14-19-5-6-22(28-4)18(3)11-19/h5-6,11-12,15,17,21,27H,7-10,13-14,16H2,1-4H3. The lowest BCUT2D eigenvalue weighted by atomic mass is 10.1. The van der Waals surface area contributed by atoms with Gasteiger partial charge in [-0.25, -0.2) is 0 Å². The number of rotatable bonds is 8. The Labute approximate surface area is 168 Å². The maximum Gasteiger partial charge on any atom is 0.121 e. The Bertz CT molecular complexity index is 759. The van der Waals surface area contributed by atoms with Crippen molar-refractivity contribution in [2.45, 2.75) is 52.4 Å². The van der Waals surface area contributed by atoms with E-state index in [1.807, 2.05) is 16.9 Å².